The van der Waals surface area contributed by atoms with Gasteiger partial charge in [0.05, 0.1) is 18.5 Å². The Balaban J connectivity index is 1.03. The smallest absolute Gasteiger partial charge is 0.135 e. The van der Waals surface area contributed by atoms with E-state index < -0.39 is 0 Å². The minimum absolute atomic E-state index is 0.0672. The molecule has 3 aromatic heterocycles. The molecule has 3 atom stereocenters. The molecule has 10 aromatic rings. The number of hydrogen-bond donors (Lipinski definition) is 3. The highest BCUT2D eigenvalue weighted by atomic mass is 32.1. The Morgan fingerprint density at radius 1 is 0.412 bits per heavy atom. The van der Waals surface area contributed by atoms with Crippen molar-refractivity contribution in [1.29, 1.82) is 0 Å². The van der Waals surface area contributed by atoms with E-state index in [1.165, 1.54) is 68.2 Å². The Labute approximate surface area is 302 Å². The lowest BCUT2D eigenvalue weighted by Crippen LogP contribution is -2.54. The van der Waals surface area contributed by atoms with Crippen LogP contribution in [0.4, 0.5) is 0 Å². The normalized spacial score (nSPS) is 18.2. The summed E-state index contributed by atoms with van der Waals surface area (Å²) in [5, 5.41) is 19.3. The van der Waals surface area contributed by atoms with Crippen LogP contribution in [0.5, 0.6) is 0 Å². The van der Waals surface area contributed by atoms with E-state index in [1.54, 1.807) is 0 Å². The Morgan fingerprint density at radius 3 is 2.02 bits per heavy atom. The number of para-hydroxylation sites is 1. The second-order valence-corrected chi connectivity index (χ2v) is 15.5. The van der Waals surface area contributed by atoms with Crippen LogP contribution in [-0.4, -0.2) is 0 Å². The molecule has 1 fully saturated rings. The van der Waals surface area contributed by atoms with Crippen molar-refractivity contribution in [3.63, 3.8) is 0 Å². The highest BCUT2D eigenvalue weighted by molar-refractivity contribution is 7.26. The lowest BCUT2D eigenvalue weighted by Gasteiger charge is -2.40. The van der Waals surface area contributed by atoms with Crippen molar-refractivity contribution in [2.24, 2.45) is 0 Å². The van der Waals surface area contributed by atoms with Gasteiger partial charge in [0.25, 0.3) is 0 Å². The van der Waals surface area contributed by atoms with Crippen molar-refractivity contribution in [2.75, 3.05) is 0 Å². The molecule has 51 heavy (non-hydrogen) atoms. The van der Waals surface area contributed by atoms with Gasteiger partial charge in [0.15, 0.2) is 0 Å². The molecular weight excluding hydrogens is 663 g/mol. The van der Waals surface area contributed by atoms with E-state index in [-0.39, 0.29) is 18.5 Å². The van der Waals surface area contributed by atoms with Crippen LogP contribution in [-0.2, 0) is 0 Å². The van der Waals surface area contributed by atoms with Gasteiger partial charge in [-0.05, 0) is 52.6 Å². The molecule has 0 spiro atoms. The SMILES string of the molecule is c1ccc(C2NC(c3ccc4c(c3)sc3cccc(-c5cccc6c5sc5ccccc56)c34)NC(c3cccc4oc5ccccc5c34)N2)cc1. The maximum atomic E-state index is 6.30. The molecule has 3 N–H and O–H groups in total. The van der Waals surface area contributed by atoms with Gasteiger partial charge in [0, 0.05) is 56.7 Å². The largest absolute Gasteiger partial charge is 0.456 e. The summed E-state index contributed by atoms with van der Waals surface area (Å²) in [4.78, 5) is 0. The Morgan fingerprint density at radius 2 is 1.10 bits per heavy atom. The number of hydrogen-bond acceptors (Lipinski definition) is 6. The molecule has 0 saturated carbocycles. The van der Waals surface area contributed by atoms with Crippen molar-refractivity contribution in [3.8, 4) is 11.1 Å². The first-order chi connectivity index (χ1) is 25.3. The van der Waals surface area contributed by atoms with Crippen molar-refractivity contribution < 1.29 is 4.42 Å². The van der Waals surface area contributed by atoms with Gasteiger partial charge >= 0.3 is 0 Å². The standard InChI is InChI=1S/C45H31N3OS2/c1-2-11-26(12-3-1)43-46-44(48-45(47-43)34-18-9-20-36-40(34)32-14-4-6-19-35(32)49-36)27-23-24-33-39(25-27)50-38-22-10-15-29(41(33)38)31-17-8-16-30-28-13-5-7-21-37(28)51-42(30)31/h1-25,43-48H. The van der Waals surface area contributed by atoms with Crippen LogP contribution >= 0.6 is 22.7 Å². The van der Waals surface area contributed by atoms with E-state index in [9.17, 15) is 0 Å². The molecule has 1 saturated heterocycles. The summed E-state index contributed by atoms with van der Waals surface area (Å²) in [5.74, 6) is 0. The quantitative estimate of drug-likeness (QED) is 0.172. The van der Waals surface area contributed by atoms with Crippen LogP contribution in [0.25, 0.3) is 73.4 Å². The second-order valence-electron chi connectivity index (χ2n) is 13.3. The van der Waals surface area contributed by atoms with E-state index in [1.807, 2.05) is 34.8 Å². The minimum atomic E-state index is -0.127. The third-order valence-electron chi connectivity index (χ3n) is 10.4. The summed E-state index contributed by atoms with van der Waals surface area (Å²) in [7, 11) is 0. The number of fused-ring (bicyclic) bond motifs is 9. The van der Waals surface area contributed by atoms with Crippen molar-refractivity contribution in [1.82, 2.24) is 16.0 Å². The molecule has 11 rings (SSSR count). The Kier molecular flexibility index (Phi) is 6.69. The maximum Gasteiger partial charge on any atom is 0.135 e. The van der Waals surface area contributed by atoms with Crippen LogP contribution in [0.15, 0.2) is 156 Å². The van der Waals surface area contributed by atoms with E-state index in [4.69, 9.17) is 4.42 Å². The van der Waals surface area contributed by atoms with Crippen molar-refractivity contribution >= 4 is 85.0 Å². The summed E-state index contributed by atoms with van der Waals surface area (Å²) < 4.78 is 11.6. The molecule has 0 aliphatic carbocycles. The first-order valence-corrected chi connectivity index (χ1v) is 19.0. The molecular formula is C45H31N3OS2. The van der Waals surface area contributed by atoms with Gasteiger partial charge in [-0.3, -0.25) is 16.0 Å². The molecule has 0 amide bonds. The minimum Gasteiger partial charge on any atom is -0.456 e. The van der Waals surface area contributed by atoms with Crippen molar-refractivity contribution in [2.45, 2.75) is 18.5 Å². The molecule has 4 heterocycles. The molecule has 4 nitrogen and oxygen atoms in total. The molecule has 6 heteroatoms. The van der Waals surface area contributed by atoms with Gasteiger partial charge < -0.3 is 4.42 Å². The monoisotopic (exact) mass is 693 g/mol. The van der Waals surface area contributed by atoms with E-state index >= 15 is 0 Å². The van der Waals surface area contributed by atoms with Gasteiger partial charge in [0.1, 0.15) is 11.2 Å². The third kappa shape index (κ3) is 4.69. The summed E-state index contributed by atoms with van der Waals surface area (Å²) in [6.45, 7) is 0. The highest BCUT2D eigenvalue weighted by Crippen LogP contribution is 2.46. The average molecular weight is 694 g/mol. The van der Waals surface area contributed by atoms with E-state index in [0.29, 0.717) is 0 Å². The summed E-state index contributed by atoms with van der Waals surface area (Å²) in [5.41, 5.74) is 7.99. The maximum absolute atomic E-state index is 6.30. The average Bonchev–Trinajstić information content (AvgIpc) is 3.89. The second kappa shape index (κ2) is 11.6. The first-order valence-electron chi connectivity index (χ1n) is 17.4. The van der Waals surface area contributed by atoms with Gasteiger partial charge in [-0.15, -0.1) is 22.7 Å². The number of furan rings is 1. The predicted molar refractivity (Wildman–Crippen MR) is 215 cm³/mol. The van der Waals surface area contributed by atoms with Crippen LogP contribution < -0.4 is 16.0 Å². The fraction of sp³-hybridized carbons (Fsp3) is 0.0667. The number of thiophene rings is 2. The molecule has 1 aliphatic heterocycles. The van der Waals surface area contributed by atoms with Gasteiger partial charge in [0.2, 0.25) is 0 Å². The molecule has 1 aliphatic rings. The molecule has 244 valence electrons. The molecule has 7 aromatic carbocycles. The molecule has 0 bridgehead atoms. The van der Waals surface area contributed by atoms with Gasteiger partial charge in [-0.2, -0.15) is 0 Å². The summed E-state index contributed by atoms with van der Waals surface area (Å²) in [6.07, 6.45) is -0.295. The number of benzene rings is 7. The zero-order chi connectivity index (χ0) is 33.5. The highest BCUT2D eigenvalue weighted by Gasteiger charge is 2.31. The predicted octanol–water partition coefficient (Wildman–Crippen LogP) is 12.2. The van der Waals surface area contributed by atoms with Crippen molar-refractivity contribution in [3.05, 3.63) is 168 Å². The summed E-state index contributed by atoms with van der Waals surface area (Å²) >= 11 is 3.77. The van der Waals surface area contributed by atoms with Gasteiger partial charge in [-0.1, -0.05) is 121 Å². The fourth-order valence-electron chi connectivity index (χ4n) is 8.10. The van der Waals surface area contributed by atoms with Gasteiger partial charge in [-0.25, -0.2) is 0 Å². The first kappa shape index (κ1) is 29.4. The Bertz CT molecular complexity index is 2940. The molecule has 3 unspecified atom stereocenters. The van der Waals surface area contributed by atoms with E-state index in [0.717, 1.165) is 21.9 Å². The topological polar surface area (TPSA) is 49.2 Å². The third-order valence-corrected chi connectivity index (χ3v) is 12.8. The van der Waals surface area contributed by atoms with E-state index in [2.05, 4.69) is 155 Å². The van der Waals surface area contributed by atoms with Crippen LogP contribution in [0.2, 0.25) is 0 Å². The van der Waals surface area contributed by atoms with Crippen LogP contribution in [0.3, 0.4) is 0 Å². The number of nitrogens with one attached hydrogen (secondary N) is 3. The summed E-state index contributed by atoms with van der Waals surface area (Å²) in [6, 6.07) is 54.7. The van der Waals surface area contributed by atoms with Crippen LogP contribution in [0.1, 0.15) is 35.2 Å². The zero-order valence-electron chi connectivity index (χ0n) is 27.4. The lowest BCUT2D eigenvalue weighted by atomic mass is 9.97. The zero-order valence-corrected chi connectivity index (χ0v) is 29.0. The molecule has 0 radical (unpaired) electrons. The Hall–Kier alpha value is -5.34. The fourth-order valence-corrected chi connectivity index (χ4v) is 10.5. The number of rotatable bonds is 4. The van der Waals surface area contributed by atoms with Crippen LogP contribution in [0, 0.1) is 0 Å². The lowest BCUT2D eigenvalue weighted by molar-refractivity contribution is 0.204.